The Balaban J connectivity index is 3.58. The summed E-state index contributed by atoms with van der Waals surface area (Å²) in [7, 11) is -1.77. The summed E-state index contributed by atoms with van der Waals surface area (Å²) in [6, 6.07) is 0. The van der Waals surface area contributed by atoms with Crippen LogP contribution in [0, 0.1) is 0 Å². The fourth-order valence-electron chi connectivity index (χ4n) is 0.566. The number of rotatable bonds is 7. The molecule has 0 aromatic carbocycles. The fourth-order valence-corrected chi connectivity index (χ4v) is 1.49. The summed E-state index contributed by atoms with van der Waals surface area (Å²) < 4.78 is 31.4. The van der Waals surface area contributed by atoms with Crippen molar-refractivity contribution in [2.24, 2.45) is 0 Å². The van der Waals surface area contributed by atoms with Crippen molar-refractivity contribution in [2.75, 3.05) is 26.8 Å². The van der Waals surface area contributed by atoms with Crippen molar-refractivity contribution in [1.29, 1.82) is 0 Å². The molecule has 0 rings (SSSR count). The molecule has 0 radical (unpaired) electrons. The van der Waals surface area contributed by atoms with Crippen molar-refractivity contribution < 1.29 is 13.2 Å². The van der Waals surface area contributed by atoms with Crippen LogP contribution < -0.4 is 9.44 Å². The lowest BCUT2D eigenvalue weighted by molar-refractivity contribution is 0.204. The Kier molecular flexibility index (Phi) is 6.27. The van der Waals surface area contributed by atoms with E-state index in [0.29, 0.717) is 19.7 Å². The van der Waals surface area contributed by atoms with Crippen molar-refractivity contribution in [3.63, 3.8) is 0 Å². The Bertz CT molecular complexity index is 191. The Morgan fingerprint density at radius 1 is 1.25 bits per heavy atom. The van der Waals surface area contributed by atoms with Gasteiger partial charge in [0.25, 0.3) is 10.2 Å². The second kappa shape index (κ2) is 6.36. The lowest BCUT2D eigenvalue weighted by atomic mass is 10.5. The summed E-state index contributed by atoms with van der Waals surface area (Å²) in [5.41, 5.74) is 0. The lowest BCUT2D eigenvalue weighted by Gasteiger charge is -2.05. The van der Waals surface area contributed by atoms with Crippen molar-refractivity contribution in [3.05, 3.63) is 0 Å². The summed E-state index contributed by atoms with van der Waals surface area (Å²) in [5, 5.41) is 0. The molecule has 0 atom stereocenters. The summed E-state index contributed by atoms with van der Waals surface area (Å²) in [6.45, 7) is 3.04. The number of methoxy groups -OCH3 is 1. The van der Waals surface area contributed by atoms with Gasteiger partial charge in [-0.2, -0.15) is 13.1 Å². The molecule has 0 fully saturated rings. The minimum absolute atomic E-state index is 0.301. The van der Waals surface area contributed by atoms with Crippen LogP contribution in [0.3, 0.4) is 0 Å². The highest BCUT2D eigenvalue weighted by Gasteiger charge is 2.05. The van der Waals surface area contributed by atoms with Crippen molar-refractivity contribution in [1.82, 2.24) is 9.44 Å². The zero-order valence-corrected chi connectivity index (χ0v) is 8.28. The molecule has 5 nitrogen and oxygen atoms in total. The molecule has 74 valence electrons. The maximum atomic E-state index is 11.0. The fraction of sp³-hybridized carbons (Fsp3) is 1.00. The van der Waals surface area contributed by atoms with Crippen LogP contribution in [0.4, 0.5) is 0 Å². The molecule has 0 amide bonds. The highest BCUT2D eigenvalue weighted by Crippen LogP contribution is 1.78. The predicted octanol–water partition coefficient (Wildman–Crippen LogP) is -0.533. The van der Waals surface area contributed by atoms with E-state index in [4.69, 9.17) is 0 Å². The zero-order valence-electron chi connectivity index (χ0n) is 7.46. The summed E-state index contributed by atoms with van der Waals surface area (Å²) >= 11 is 0. The van der Waals surface area contributed by atoms with E-state index >= 15 is 0 Å². The Morgan fingerprint density at radius 3 is 2.33 bits per heavy atom. The molecule has 0 aliphatic rings. The zero-order chi connectivity index (χ0) is 9.45. The molecule has 0 unspecified atom stereocenters. The number of ether oxygens (including phenoxy) is 1. The molecule has 0 saturated carbocycles. The standard InChI is InChI=1S/C6H16N2O3S/c1-3-4-7-12(9,10)8-5-6-11-2/h7-8H,3-6H2,1-2H3. The highest BCUT2D eigenvalue weighted by molar-refractivity contribution is 7.87. The molecule has 0 saturated heterocycles. The summed E-state index contributed by atoms with van der Waals surface area (Å²) in [5.74, 6) is 0. The van der Waals surface area contributed by atoms with Crippen LogP contribution in [-0.2, 0) is 14.9 Å². The van der Waals surface area contributed by atoms with Gasteiger partial charge in [0.15, 0.2) is 0 Å². The highest BCUT2D eigenvalue weighted by atomic mass is 32.2. The molecule has 0 spiro atoms. The maximum Gasteiger partial charge on any atom is 0.276 e. The first-order valence-corrected chi connectivity index (χ1v) is 5.34. The molecule has 0 aromatic rings. The van der Waals surface area contributed by atoms with E-state index in [2.05, 4.69) is 14.2 Å². The summed E-state index contributed by atoms with van der Waals surface area (Å²) in [6.07, 6.45) is 0.783. The van der Waals surface area contributed by atoms with E-state index in [1.807, 2.05) is 6.92 Å². The monoisotopic (exact) mass is 196 g/mol. The van der Waals surface area contributed by atoms with Gasteiger partial charge in [0.05, 0.1) is 6.61 Å². The quantitative estimate of drug-likeness (QED) is 0.538. The molecule has 0 aliphatic heterocycles. The second-order valence-electron chi connectivity index (χ2n) is 2.28. The Morgan fingerprint density at radius 2 is 1.83 bits per heavy atom. The number of hydrogen-bond donors (Lipinski definition) is 2. The largest absolute Gasteiger partial charge is 0.383 e. The van der Waals surface area contributed by atoms with Crippen molar-refractivity contribution >= 4 is 10.2 Å². The first kappa shape index (κ1) is 11.8. The van der Waals surface area contributed by atoms with Gasteiger partial charge in [-0.1, -0.05) is 6.92 Å². The van der Waals surface area contributed by atoms with E-state index in [-0.39, 0.29) is 0 Å². The minimum atomic E-state index is -3.30. The normalized spacial score (nSPS) is 11.8. The SMILES string of the molecule is CCCNS(=O)(=O)NCCOC. The topological polar surface area (TPSA) is 67.4 Å². The van der Waals surface area contributed by atoms with Gasteiger partial charge in [0.1, 0.15) is 0 Å². The van der Waals surface area contributed by atoms with Crippen LogP contribution in [0.2, 0.25) is 0 Å². The lowest BCUT2D eigenvalue weighted by Crippen LogP contribution is -2.38. The van der Waals surface area contributed by atoms with Gasteiger partial charge in [-0.05, 0) is 6.42 Å². The van der Waals surface area contributed by atoms with Crippen LogP contribution in [0.5, 0.6) is 0 Å². The Labute approximate surface area is 73.7 Å². The maximum absolute atomic E-state index is 11.0. The van der Waals surface area contributed by atoms with E-state index in [1.165, 1.54) is 7.11 Å². The van der Waals surface area contributed by atoms with Crippen molar-refractivity contribution in [3.8, 4) is 0 Å². The molecule has 0 heterocycles. The third kappa shape index (κ3) is 6.53. The predicted molar refractivity (Wildman–Crippen MR) is 47.1 cm³/mol. The summed E-state index contributed by atoms with van der Waals surface area (Å²) in [4.78, 5) is 0. The van der Waals surface area contributed by atoms with Gasteiger partial charge < -0.3 is 4.74 Å². The molecule has 12 heavy (non-hydrogen) atoms. The number of hydrogen-bond acceptors (Lipinski definition) is 3. The molecule has 2 N–H and O–H groups in total. The third-order valence-electron chi connectivity index (χ3n) is 1.14. The first-order valence-electron chi connectivity index (χ1n) is 3.85. The minimum Gasteiger partial charge on any atom is -0.383 e. The average molecular weight is 196 g/mol. The van der Waals surface area contributed by atoms with Crippen molar-refractivity contribution in [2.45, 2.75) is 13.3 Å². The molecular formula is C6H16N2O3S. The van der Waals surface area contributed by atoms with Crippen LogP contribution in [0.25, 0.3) is 0 Å². The van der Waals surface area contributed by atoms with Crippen LogP contribution in [-0.4, -0.2) is 35.2 Å². The smallest absolute Gasteiger partial charge is 0.276 e. The Hall–Kier alpha value is -0.170. The van der Waals surface area contributed by atoms with E-state index in [9.17, 15) is 8.42 Å². The molecule has 6 heteroatoms. The van der Waals surface area contributed by atoms with Gasteiger partial charge in [-0.15, -0.1) is 0 Å². The van der Waals surface area contributed by atoms with E-state index in [0.717, 1.165) is 6.42 Å². The molecular weight excluding hydrogens is 180 g/mol. The van der Waals surface area contributed by atoms with Gasteiger partial charge in [0, 0.05) is 20.2 Å². The average Bonchev–Trinajstić information content (AvgIpc) is 2.01. The van der Waals surface area contributed by atoms with E-state index < -0.39 is 10.2 Å². The van der Waals surface area contributed by atoms with Gasteiger partial charge in [0.2, 0.25) is 0 Å². The van der Waals surface area contributed by atoms with Gasteiger partial charge in [-0.3, -0.25) is 0 Å². The van der Waals surface area contributed by atoms with Gasteiger partial charge in [-0.25, -0.2) is 4.72 Å². The second-order valence-corrected chi connectivity index (χ2v) is 3.87. The number of nitrogens with one attached hydrogen (secondary N) is 2. The van der Waals surface area contributed by atoms with Crippen LogP contribution in [0.1, 0.15) is 13.3 Å². The van der Waals surface area contributed by atoms with Gasteiger partial charge >= 0.3 is 0 Å². The van der Waals surface area contributed by atoms with Crippen LogP contribution >= 0.6 is 0 Å². The third-order valence-corrected chi connectivity index (χ3v) is 2.31. The molecule has 0 aliphatic carbocycles. The molecule has 0 bridgehead atoms. The van der Waals surface area contributed by atoms with E-state index in [1.54, 1.807) is 0 Å². The molecule has 0 aromatic heterocycles. The van der Waals surface area contributed by atoms with Crippen LogP contribution in [0.15, 0.2) is 0 Å². The first-order chi connectivity index (χ1) is 5.62.